The van der Waals surface area contributed by atoms with Gasteiger partial charge in [-0.3, -0.25) is 4.90 Å². The van der Waals surface area contributed by atoms with E-state index in [1.165, 1.54) is 25.2 Å². The maximum absolute atomic E-state index is 3.42. The van der Waals surface area contributed by atoms with Crippen LogP contribution in [0.5, 0.6) is 0 Å². The number of aromatic amines is 1. The first-order valence-electron chi connectivity index (χ1n) is 6.17. The minimum absolute atomic E-state index is 0.675. The number of hydrogen-bond acceptors (Lipinski definition) is 3. The smallest absolute Gasteiger partial charge is 0.0517 e. The van der Waals surface area contributed by atoms with Gasteiger partial charge in [0.05, 0.1) is 5.69 Å². The first kappa shape index (κ1) is 11.5. The van der Waals surface area contributed by atoms with Crippen LogP contribution in [0.2, 0.25) is 0 Å². The Bertz CT molecular complexity index is 277. The molecule has 1 aromatic rings. The van der Waals surface area contributed by atoms with Gasteiger partial charge in [-0.25, -0.2) is 0 Å². The summed E-state index contributed by atoms with van der Waals surface area (Å²) in [6.07, 6.45) is 5.14. The Morgan fingerprint density at radius 1 is 1.44 bits per heavy atom. The highest BCUT2D eigenvalue weighted by molar-refractivity contribution is 5.39. The summed E-state index contributed by atoms with van der Waals surface area (Å²) in [6, 6.07) is 2.74. The van der Waals surface area contributed by atoms with Crippen LogP contribution in [0.15, 0.2) is 18.5 Å². The lowest BCUT2D eigenvalue weighted by Crippen LogP contribution is -2.47. The molecule has 1 unspecified atom stereocenters. The van der Waals surface area contributed by atoms with E-state index in [9.17, 15) is 0 Å². The summed E-state index contributed by atoms with van der Waals surface area (Å²) in [5.41, 5.74) is 1.19. The molecule has 2 heterocycles. The molecule has 1 fully saturated rings. The lowest BCUT2D eigenvalue weighted by molar-refractivity contribution is 0.179. The van der Waals surface area contributed by atoms with Gasteiger partial charge in [0.2, 0.25) is 0 Å². The first-order chi connectivity index (χ1) is 7.86. The van der Waals surface area contributed by atoms with E-state index in [1.807, 2.05) is 12.4 Å². The van der Waals surface area contributed by atoms with Crippen molar-refractivity contribution < 1.29 is 0 Å². The van der Waals surface area contributed by atoms with Crippen LogP contribution >= 0.6 is 0 Å². The Kier molecular flexibility index (Phi) is 4.25. The standard InChI is InChI=1S/C12H22N4/c1-11(16-8-6-13-7-9-16)2-5-15-12-3-4-14-10-12/h3-4,10-11,13-15H,2,5-9H2,1H3. The SMILES string of the molecule is CC(CCNc1cc[nH]c1)N1CCNCC1. The van der Waals surface area contributed by atoms with Crippen molar-refractivity contribution in [1.29, 1.82) is 0 Å². The minimum Gasteiger partial charge on any atom is -0.384 e. The number of hydrogen-bond donors (Lipinski definition) is 3. The van der Waals surface area contributed by atoms with E-state index in [0.29, 0.717) is 6.04 Å². The second-order valence-electron chi connectivity index (χ2n) is 4.45. The van der Waals surface area contributed by atoms with Gasteiger partial charge in [-0.1, -0.05) is 0 Å². The van der Waals surface area contributed by atoms with E-state index < -0.39 is 0 Å². The number of aromatic nitrogens is 1. The van der Waals surface area contributed by atoms with Crippen molar-refractivity contribution in [2.24, 2.45) is 0 Å². The van der Waals surface area contributed by atoms with Crippen LogP contribution in [0.4, 0.5) is 5.69 Å². The molecule has 0 radical (unpaired) electrons. The molecule has 1 saturated heterocycles. The Hall–Kier alpha value is -1.00. The highest BCUT2D eigenvalue weighted by Crippen LogP contribution is 2.07. The molecule has 16 heavy (non-hydrogen) atoms. The Labute approximate surface area is 97.4 Å². The number of rotatable bonds is 5. The van der Waals surface area contributed by atoms with Crippen molar-refractivity contribution in [3.63, 3.8) is 0 Å². The van der Waals surface area contributed by atoms with E-state index in [-0.39, 0.29) is 0 Å². The first-order valence-corrected chi connectivity index (χ1v) is 6.17. The molecule has 1 aromatic heterocycles. The summed E-state index contributed by atoms with van der Waals surface area (Å²) >= 11 is 0. The minimum atomic E-state index is 0.675. The fourth-order valence-corrected chi connectivity index (χ4v) is 2.16. The average molecular weight is 222 g/mol. The van der Waals surface area contributed by atoms with Gasteiger partial charge in [0.1, 0.15) is 0 Å². The summed E-state index contributed by atoms with van der Waals surface area (Å²) in [5.74, 6) is 0. The van der Waals surface area contributed by atoms with Gasteiger partial charge >= 0.3 is 0 Å². The molecule has 0 spiro atoms. The third kappa shape index (κ3) is 3.25. The molecule has 90 valence electrons. The number of nitrogens with one attached hydrogen (secondary N) is 3. The molecule has 1 aliphatic rings. The van der Waals surface area contributed by atoms with Gasteiger partial charge < -0.3 is 15.6 Å². The maximum atomic E-state index is 3.42. The average Bonchev–Trinajstić information content (AvgIpc) is 2.83. The molecule has 0 aliphatic carbocycles. The monoisotopic (exact) mass is 222 g/mol. The van der Waals surface area contributed by atoms with E-state index >= 15 is 0 Å². The van der Waals surface area contributed by atoms with Gasteiger partial charge in [-0.15, -0.1) is 0 Å². The van der Waals surface area contributed by atoms with E-state index in [1.54, 1.807) is 0 Å². The fraction of sp³-hybridized carbons (Fsp3) is 0.667. The largest absolute Gasteiger partial charge is 0.384 e. The molecule has 3 N–H and O–H groups in total. The van der Waals surface area contributed by atoms with E-state index in [2.05, 4.69) is 33.5 Å². The van der Waals surface area contributed by atoms with Gasteiger partial charge in [-0.2, -0.15) is 0 Å². The molecule has 1 atom stereocenters. The van der Waals surface area contributed by atoms with Crippen molar-refractivity contribution in [1.82, 2.24) is 15.2 Å². The third-order valence-electron chi connectivity index (χ3n) is 3.26. The summed E-state index contributed by atoms with van der Waals surface area (Å²) in [7, 11) is 0. The fourth-order valence-electron chi connectivity index (χ4n) is 2.16. The van der Waals surface area contributed by atoms with Gasteiger partial charge in [0, 0.05) is 51.2 Å². The number of H-pyrrole nitrogens is 1. The Morgan fingerprint density at radius 3 is 2.94 bits per heavy atom. The highest BCUT2D eigenvalue weighted by Gasteiger charge is 2.15. The Balaban J connectivity index is 1.65. The van der Waals surface area contributed by atoms with Crippen molar-refractivity contribution in [2.45, 2.75) is 19.4 Å². The lowest BCUT2D eigenvalue weighted by atomic mass is 10.2. The summed E-state index contributed by atoms with van der Waals surface area (Å²) < 4.78 is 0. The van der Waals surface area contributed by atoms with Crippen molar-refractivity contribution in [3.05, 3.63) is 18.5 Å². The van der Waals surface area contributed by atoms with Crippen molar-refractivity contribution in [2.75, 3.05) is 38.0 Å². The van der Waals surface area contributed by atoms with Crippen LogP contribution in [-0.4, -0.2) is 48.6 Å². The van der Waals surface area contributed by atoms with Gasteiger partial charge in [0.25, 0.3) is 0 Å². The van der Waals surface area contributed by atoms with E-state index in [0.717, 1.165) is 19.6 Å². The molecule has 1 aliphatic heterocycles. The van der Waals surface area contributed by atoms with Crippen LogP contribution < -0.4 is 10.6 Å². The molecule has 2 rings (SSSR count). The summed E-state index contributed by atoms with van der Waals surface area (Å²) in [5, 5.41) is 6.81. The molecule has 0 saturated carbocycles. The third-order valence-corrected chi connectivity index (χ3v) is 3.26. The van der Waals surface area contributed by atoms with Crippen molar-refractivity contribution in [3.8, 4) is 0 Å². The normalized spacial score (nSPS) is 19.6. The molecule has 0 aromatic carbocycles. The van der Waals surface area contributed by atoms with Crippen LogP contribution in [0.1, 0.15) is 13.3 Å². The molecule has 4 heteroatoms. The second kappa shape index (κ2) is 5.92. The summed E-state index contributed by atoms with van der Waals surface area (Å²) in [6.45, 7) is 8.01. The molecule has 0 bridgehead atoms. The molecule has 0 amide bonds. The zero-order chi connectivity index (χ0) is 11.2. The van der Waals surface area contributed by atoms with Crippen LogP contribution in [-0.2, 0) is 0 Å². The Morgan fingerprint density at radius 2 is 2.25 bits per heavy atom. The van der Waals surface area contributed by atoms with Gasteiger partial charge in [0.15, 0.2) is 0 Å². The lowest BCUT2D eigenvalue weighted by Gasteiger charge is -2.32. The zero-order valence-electron chi connectivity index (χ0n) is 10.00. The number of piperazine rings is 1. The number of anilines is 1. The molecular weight excluding hydrogens is 200 g/mol. The van der Waals surface area contributed by atoms with Crippen LogP contribution in [0, 0.1) is 0 Å². The van der Waals surface area contributed by atoms with Crippen LogP contribution in [0.25, 0.3) is 0 Å². The second-order valence-corrected chi connectivity index (χ2v) is 4.45. The van der Waals surface area contributed by atoms with Crippen LogP contribution in [0.3, 0.4) is 0 Å². The molecular formula is C12H22N4. The maximum Gasteiger partial charge on any atom is 0.0517 e. The number of nitrogens with zero attached hydrogens (tertiary/aromatic N) is 1. The summed E-state index contributed by atoms with van der Waals surface area (Å²) in [4.78, 5) is 5.61. The van der Waals surface area contributed by atoms with E-state index in [4.69, 9.17) is 0 Å². The predicted molar refractivity (Wildman–Crippen MR) is 67.8 cm³/mol. The highest BCUT2D eigenvalue weighted by atomic mass is 15.2. The van der Waals surface area contributed by atoms with Crippen molar-refractivity contribution >= 4 is 5.69 Å². The quantitative estimate of drug-likeness (QED) is 0.699. The predicted octanol–water partition coefficient (Wildman–Crippen LogP) is 1.11. The topological polar surface area (TPSA) is 43.1 Å². The van der Waals surface area contributed by atoms with Gasteiger partial charge in [-0.05, 0) is 19.4 Å². The zero-order valence-corrected chi connectivity index (χ0v) is 10.00. The molecule has 4 nitrogen and oxygen atoms in total.